The van der Waals surface area contributed by atoms with Crippen molar-refractivity contribution in [2.24, 2.45) is 14.1 Å². The zero-order valence-corrected chi connectivity index (χ0v) is 15.3. The third-order valence-electron chi connectivity index (χ3n) is 4.45. The number of fused-ring (bicyclic) bond motifs is 1. The second kappa shape index (κ2) is 6.80. The average Bonchev–Trinajstić information content (AvgIpc) is 3.01. The molecule has 3 rings (SSSR count). The van der Waals surface area contributed by atoms with Gasteiger partial charge in [-0.15, -0.1) is 0 Å². The fourth-order valence-corrected chi connectivity index (χ4v) is 3.02. The highest BCUT2D eigenvalue weighted by Gasteiger charge is 2.17. The van der Waals surface area contributed by atoms with Gasteiger partial charge in [0.2, 0.25) is 0 Å². The van der Waals surface area contributed by atoms with Gasteiger partial charge in [-0.05, 0) is 25.0 Å². The number of benzene rings is 1. The van der Waals surface area contributed by atoms with Gasteiger partial charge in [0.25, 0.3) is 5.56 Å². The van der Waals surface area contributed by atoms with Crippen LogP contribution in [0.4, 0.5) is 0 Å². The average molecular weight is 358 g/mol. The molecule has 0 fully saturated rings. The summed E-state index contributed by atoms with van der Waals surface area (Å²) < 4.78 is 9.66. The molecule has 0 radical (unpaired) electrons. The largest absolute Gasteiger partial charge is 0.490 e. The maximum atomic E-state index is 12.4. The summed E-state index contributed by atoms with van der Waals surface area (Å²) >= 11 is 0. The van der Waals surface area contributed by atoms with Crippen molar-refractivity contribution in [2.75, 3.05) is 6.61 Å². The molecular formula is C18H22N4O4. The number of ether oxygens (including phenoxy) is 1. The summed E-state index contributed by atoms with van der Waals surface area (Å²) in [5, 5.41) is 10.4. The van der Waals surface area contributed by atoms with Gasteiger partial charge < -0.3 is 14.4 Å². The molecule has 3 aromatic rings. The Morgan fingerprint density at radius 3 is 2.46 bits per heavy atom. The molecule has 0 aliphatic carbocycles. The van der Waals surface area contributed by atoms with Crippen molar-refractivity contribution in [3.05, 3.63) is 56.5 Å². The van der Waals surface area contributed by atoms with E-state index in [1.807, 2.05) is 32.0 Å². The minimum Gasteiger partial charge on any atom is -0.490 e. The highest BCUT2D eigenvalue weighted by Crippen LogP contribution is 2.22. The van der Waals surface area contributed by atoms with Gasteiger partial charge in [-0.1, -0.05) is 18.2 Å². The van der Waals surface area contributed by atoms with E-state index in [1.54, 1.807) is 11.6 Å². The molecule has 8 heteroatoms. The molecule has 0 unspecified atom stereocenters. The molecule has 2 heterocycles. The standard InChI is InChI=1S/C18H22N4O4/c1-11-6-5-7-12(2)15(11)26-9-13(23)8-22-10-19-16-14(22)17(24)21(4)18(25)20(16)3/h5-7,10,13,23H,8-9H2,1-4H3/t13-/m1/s1. The van der Waals surface area contributed by atoms with Gasteiger partial charge in [-0.3, -0.25) is 13.9 Å². The third-order valence-corrected chi connectivity index (χ3v) is 4.45. The van der Waals surface area contributed by atoms with Gasteiger partial charge in [0.15, 0.2) is 11.2 Å². The van der Waals surface area contributed by atoms with Gasteiger partial charge >= 0.3 is 5.69 Å². The van der Waals surface area contributed by atoms with Crippen LogP contribution < -0.4 is 16.0 Å². The second-order valence-corrected chi connectivity index (χ2v) is 6.46. The van der Waals surface area contributed by atoms with Crippen LogP contribution in [0.3, 0.4) is 0 Å². The molecule has 138 valence electrons. The number of aliphatic hydroxyl groups excluding tert-OH is 1. The quantitative estimate of drug-likeness (QED) is 0.717. The normalized spacial score (nSPS) is 12.5. The monoisotopic (exact) mass is 358 g/mol. The van der Waals surface area contributed by atoms with E-state index in [1.165, 1.54) is 17.9 Å². The van der Waals surface area contributed by atoms with Crippen molar-refractivity contribution in [1.82, 2.24) is 18.7 Å². The highest BCUT2D eigenvalue weighted by molar-refractivity contribution is 5.69. The first kappa shape index (κ1) is 17.9. The van der Waals surface area contributed by atoms with E-state index < -0.39 is 17.4 Å². The molecular weight excluding hydrogens is 336 g/mol. The Bertz CT molecular complexity index is 1060. The van der Waals surface area contributed by atoms with Crippen molar-refractivity contribution in [1.29, 1.82) is 0 Å². The number of hydrogen-bond donors (Lipinski definition) is 1. The number of aliphatic hydroxyl groups is 1. The number of aryl methyl sites for hydroxylation is 3. The molecule has 26 heavy (non-hydrogen) atoms. The Morgan fingerprint density at radius 2 is 1.81 bits per heavy atom. The van der Waals surface area contributed by atoms with Crippen LogP contribution in [0.15, 0.2) is 34.1 Å². The van der Waals surface area contributed by atoms with Crippen molar-refractivity contribution in [2.45, 2.75) is 26.5 Å². The van der Waals surface area contributed by atoms with E-state index in [0.717, 1.165) is 21.4 Å². The van der Waals surface area contributed by atoms with Crippen LogP contribution in [0.25, 0.3) is 11.2 Å². The van der Waals surface area contributed by atoms with Crippen molar-refractivity contribution < 1.29 is 9.84 Å². The lowest BCUT2D eigenvalue weighted by molar-refractivity contribution is 0.0927. The number of aromatic nitrogens is 4. The summed E-state index contributed by atoms with van der Waals surface area (Å²) in [7, 11) is 2.98. The first-order valence-corrected chi connectivity index (χ1v) is 8.29. The summed E-state index contributed by atoms with van der Waals surface area (Å²) in [6, 6.07) is 5.84. The van der Waals surface area contributed by atoms with Crippen molar-refractivity contribution in [3.63, 3.8) is 0 Å². The fraction of sp³-hybridized carbons (Fsp3) is 0.389. The van der Waals surface area contributed by atoms with E-state index in [0.29, 0.717) is 5.65 Å². The topological polar surface area (TPSA) is 91.3 Å². The highest BCUT2D eigenvalue weighted by atomic mass is 16.5. The summed E-state index contributed by atoms with van der Waals surface area (Å²) in [4.78, 5) is 28.5. The first-order chi connectivity index (χ1) is 12.3. The van der Waals surface area contributed by atoms with Crippen molar-refractivity contribution in [3.8, 4) is 5.75 Å². The molecule has 8 nitrogen and oxygen atoms in total. The SMILES string of the molecule is Cc1cccc(C)c1OC[C@H](O)Cn1cnc2c1c(=O)n(C)c(=O)n2C. The molecule has 0 spiro atoms. The smallest absolute Gasteiger partial charge is 0.332 e. The molecule has 0 aliphatic rings. The van der Waals surface area contributed by atoms with E-state index >= 15 is 0 Å². The number of para-hydroxylation sites is 1. The van der Waals surface area contributed by atoms with Crippen molar-refractivity contribution >= 4 is 11.2 Å². The van der Waals surface area contributed by atoms with Crippen LogP contribution >= 0.6 is 0 Å². The van der Waals surface area contributed by atoms with Crippen LogP contribution in [0, 0.1) is 13.8 Å². The second-order valence-electron chi connectivity index (χ2n) is 6.46. The Morgan fingerprint density at radius 1 is 1.15 bits per heavy atom. The zero-order chi connectivity index (χ0) is 19.0. The van der Waals surface area contributed by atoms with Crippen LogP contribution in [0.1, 0.15) is 11.1 Å². The Hall–Kier alpha value is -2.87. The lowest BCUT2D eigenvalue weighted by atomic mass is 10.1. The van der Waals surface area contributed by atoms with Crippen LogP contribution in [0.2, 0.25) is 0 Å². The Labute approximate surface area is 149 Å². The fourth-order valence-electron chi connectivity index (χ4n) is 3.02. The predicted molar refractivity (Wildman–Crippen MR) is 97.6 cm³/mol. The van der Waals surface area contributed by atoms with Gasteiger partial charge in [0, 0.05) is 14.1 Å². The predicted octanol–water partition coefficient (Wildman–Crippen LogP) is 0.490. The summed E-state index contributed by atoms with van der Waals surface area (Å²) in [5.41, 5.74) is 1.68. The number of hydrogen-bond acceptors (Lipinski definition) is 5. The first-order valence-electron chi connectivity index (χ1n) is 8.29. The minimum atomic E-state index is -0.839. The molecule has 1 atom stereocenters. The maximum absolute atomic E-state index is 12.4. The van der Waals surface area contributed by atoms with Gasteiger partial charge in [-0.2, -0.15) is 0 Å². The van der Waals surface area contributed by atoms with E-state index in [-0.39, 0.29) is 18.7 Å². The van der Waals surface area contributed by atoms with Crippen LogP contribution in [-0.4, -0.2) is 36.5 Å². The summed E-state index contributed by atoms with van der Waals surface area (Å²) in [6.07, 6.45) is 0.613. The molecule has 0 amide bonds. The molecule has 2 aromatic heterocycles. The number of imidazole rings is 1. The molecule has 1 N–H and O–H groups in total. The lowest BCUT2D eigenvalue weighted by Gasteiger charge is -2.16. The molecule has 0 saturated carbocycles. The Balaban J connectivity index is 1.83. The van der Waals surface area contributed by atoms with Crippen LogP contribution in [0.5, 0.6) is 5.75 Å². The third kappa shape index (κ3) is 3.03. The summed E-state index contributed by atoms with van der Waals surface area (Å²) in [5.74, 6) is 0.750. The van der Waals surface area contributed by atoms with Gasteiger partial charge in [0.1, 0.15) is 18.5 Å². The lowest BCUT2D eigenvalue weighted by Crippen LogP contribution is -2.38. The maximum Gasteiger partial charge on any atom is 0.332 e. The molecule has 0 aliphatic heterocycles. The van der Waals surface area contributed by atoms with Crippen LogP contribution in [-0.2, 0) is 20.6 Å². The molecule has 0 bridgehead atoms. The van der Waals surface area contributed by atoms with E-state index in [4.69, 9.17) is 4.74 Å². The van der Waals surface area contributed by atoms with Gasteiger partial charge in [-0.25, -0.2) is 9.78 Å². The zero-order valence-electron chi connectivity index (χ0n) is 15.3. The van der Waals surface area contributed by atoms with Gasteiger partial charge in [0.05, 0.1) is 12.9 Å². The van der Waals surface area contributed by atoms with E-state index in [9.17, 15) is 14.7 Å². The molecule has 1 aromatic carbocycles. The molecule has 0 saturated heterocycles. The minimum absolute atomic E-state index is 0.0808. The number of nitrogens with zero attached hydrogens (tertiary/aromatic N) is 4. The summed E-state index contributed by atoms with van der Waals surface area (Å²) in [6.45, 7) is 4.11. The number of rotatable bonds is 5. The Kier molecular flexibility index (Phi) is 4.69. The van der Waals surface area contributed by atoms with E-state index in [2.05, 4.69) is 4.98 Å².